The molecule has 0 fully saturated rings. The molecule has 3 aliphatic carbocycles. The van der Waals surface area contributed by atoms with Crippen LogP contribution in [-0.2, 0) is 0 Å². The van der Waals surface area contributed by atoms with E-state index in [0.29, 0.717) is 23.7 Å². The van der Waals surface area contributed by atoms with Gasteiger partial charge >= 0.3 is 0 Å². The summed E-state index contributed by atoms with van der Waals surface area (Å²) in [6.45, 7) is 0. The second kappa shape index (κ2) is 5.63. The second-order valence-electron chi connectivity index (χ2n) is 7.17. The van der Waals surface area contributed by atoms with E-state index in [9.17, 15) is 0 Å². The summed E-state index contributed by atoms with van der Waals surface area (Å²) in [5.74, 6) is 1.69. The number of hydrogen-bond donors (Lipinski definition) is 1. The van der Waals surface area contributed by atoms with Crippen LogP contribution in [0.25, 0.3) is 11.6 Å². The number of allylic oxidation sites excluding steroid dienone is 6. The SMILES string of the molecule is Nc1ccccc1C1C=c2ccccc2=C2C=CC3C=CC=CC3C21. The first kappa shape index (κ1) is 14.5. The average Bonchev–Trinajstić information content (AvgIpc) is 2.67. The lowest BCUT2D eigenvalue weighted by molar-refractivity contribution is 0.394. The van der Waals surface area contributed by atoms with E-state index in [4.69, 9.17) is 5.73 Å². The van der Waals surface area contributed by atoms with Gasteiger partial charge in [0.05, 0.1) is 0 Å². The van der Waals surface area contributed by atoms with Crippen LogP contribution < -0.4 is 16.2 Å². The van der Waals surface area contributed by atoms with Crippen molar-refractivity contribution in [3.05, 3.63) is 101 Å². The van der Waals surface area contributed by atoms with Gasteiger partial charge in [-0.05, 0) is 33.6 Å². The molecule has 4 atom stereocenters. The van der Waals surface area contributed by atoms with E-state index in [1.165, 1.54) is 21.6 Å². The molecule has 2 N–H and O–H groups in total. The Balaban J connectivity index is 1.80. The molecule has 0 aromatic heterocycles. The predicted molar refractivity (Wildman–Crippen MR) is 105 cm³/mol. The third kappa shape index (κ3) is 2.23. The monoisotopic (exact) mass is 323 g/mol. The highest BCUT2D eigenvalue weighted by Gasteiger charge is 2.38. The van der Waals surface area contributed by atoms with Gasteiger partial charge in [0.15, 0.2) is 0 Å². The molecule has 0 aliphatic heterocycles. The highest BCUT2D eigenvalue weighted by molar-refractivity contribution is 5.71. The zero-order valence-corrected chi connectivity index (χ0v) is 14.0. The van der Waals surface area contributed by atoms with E-state index >= 15 is 0 Å². The fraction of sp³-hybridized carbons (Fsp3) is 0.167. The van der Waals surface area contributed by atoms with Gasteiger partial charge in [-0.3, -0.25) is 0 Å². The van der Waals surface area contributed by atoms with E-state index in [1.807, 2.05) is 12.1 Å². The van der Waals surface area contributed by atoms with Gasteiger partial charge in [-0.2, -0.15) is 0 Å². The van der Waals surface area contributed by atoms with E-state index < -0.39 is 0 Å². The molecule has 0 saturated heterocycles. The summed E-state index contributed by atoms with van der Waals surface area (Å²) in [5.41, 5.74) is 9.97. The van der Waals surface area contributed by atoms with Crippen LogP contribution in [0.3, 0.4) is 0 Å². The van der Waals surface area contributed by atoms with Crippen LogP contribution in [0, 0.1) is 17.8 Å². The highest BCUT2D eigenvalue weighted by atomic mass is 14.6. The zero-order chi connectivity index (χ0) is 16.8. The molecule has 4 unspecified atom stereocenters. The first-order valence-corrected chi connectivity index (χ1v) is 9.01. The van der Waals surface area contributed by atoms with Gasteiger partial charge in [0.25, 0.3) is 0 Å². The van der Waals surface area contributed by atoms with Crippen molar-refractivity contribution in [2.75, 3.05) is 5.73 Å². The maximum Gasteiger partial charge on any atom is 0.0352 e. The van der Waals surface area contributed by atoms with Gasteiger partial charge in [-0.15, -0.1) is 0 Å². The quantitative estimate of drug-likeness (QED) is 0.798. The molecule has 122 valence electrons. The number of para-hydroxylation sites is 1. The number of nitrogen functional groups attached to an aromatic ring is 1. The maximum atomic E-state index is 6.38. The Hall–Kier alpha value is -2.80. The summed E-state index contributed by atoms with van der Waals surface area (Å²) >= 11 is 0. The summed E-state index contributed by atoms with van der Waals surface area (Å²) < 4.78 is 0. The Morgan fingerprint density at radius 1 is 0.800 bits per heavy atom. The minimum absolute atomic E-state index is 0.305. The molecule has 0 saturated carbocycles. The molecule has 0 heterocycles. The zero-order valence-electron chi connectivity index (χ0n) is 14.0. The fourth-order valence-electron chi connectivity index (χ4n) is 4.73. The fourth-order valence-corrected chi connectivity index (χ4v) is 4.73. The predicted octanol–water partition coefficient (Wildman–Crippen LogP) is 3.54. The molecular weight excluding hydrogens is 302 g/mol. The molecule has 0 spiro atoms. The molecule has 25 heavy (non-hydrogen) atoms. The number of rotatable bonds is 1. The number of benzene rings is 2. The van der Waals surface area contributed by atoms with Crippen molar-refractivity contribution in [1.82, 2.24) is 0 Å². The van der Waals surface area contributed by atoms with Crippen molar-refractivity contribution in [1.29, 1.82) is 0 Å². The number of hydrogen-bond acceptors (Lipinski definition) is 1. The van der Waals surface area contributed by atoms with Crippen LogP contribution in [0.1, 0.15) is 11.5 Å². The topological polar surface area (TPSA) is 26.0 Å². The van der Waals surface area contributed by atoms with Crippen molar-refractivity contribution in [3.8, 4) is 0 Å². The van der Waals surface area contributed by atoms with Crippen LogP contribution >= 0.6 is 0 Å². The van der Waals surface area contributed by atoms with Gasteiger partial charge in [0, 0.05) is 23.4 Å². The Bertz CT molecular complexity index is 1040. The van der Waals surface area contributed by atoms with Crippen molar-refractivity contribution in [2.24, 2.45) is 17.8 Å². The van der Waals surface area contributed by atoms with Gasteiger partial charge in [-0.25, -0.2) is 0 Å². The summed E-state index contributed by atoms with van der Waals surface area (Å²) in [6.07, 6.45) is 16.2. The van der Waals surface area contributed by atoms with Gasteiger partial charge in [-0.1, -0.05) is 85.0 Å². The molecule has 2 aromatic rings. The van der Waals surface area contributed by atoms with Gasteiger partial charge in [0.2, 0.25) is 0 Å². The Morgan fingerprint density at radius 3 is 2.52 bits per heavy atom. The first-order chi connectivity index (χ1) is 12.3. The van der Waals surface area contributed by atoms with Crippen LogP contribution in [0.5, 0.6) is 0 Å². The van der Waals surface area contributed by atoms with Crippen molar-refractivity contribution in [3.63, 3.8) is 0 Å². The van der Waals surface area contributed by atoms with Crippen molar-refractivity contribution in [2.45, 2.75) is 5.92 Å². The Kier molecular flexibility index (Phi) is 3.27. The van der Waals surface area contributed by atoms with E-state index in [-0.39, 0.29) is 0 Å². The van der Waals surface area contributed by atoms with Crippen LogP contribution in [0.15, 0.2) is 85.0 Å². The normalized spacial score (nSPS) is 28.7. The summed E-state index contributed by atoms with van der Waals surface area (Å²) in [4.78, 5) is 0. The van der Waals surface area contributed by atoms with Crippen LogP contribution in [-0.4, -0.2) is 0 Å². The maximum absolute atomic E-state index is 6.38. The van der Waals surface area contributed by atoms with E-state index in [2.05, 4.69) is 78.9 Å². The average molecular weight is 323 g/mol. The second-order valence-corrected chi connectivity index (χ2v) is 7.17. The van der Waals surface area contributed by atoms with Crippen LogP contribution in [0.2, 0.25) is 0 Å². The van der Waals surface area contributed by atoms with Gasteiger partial charge < -0.3 is 5.73 Å². The Morgan fingerprint density at radius 2 is 1.60 bits per heavy atom. The minimum Gasteiger partial charge on any atom is -0.398 e. The van der Waals surface area contributed by atoms with Crippen molar-refractivity contribution < 1.29 is 0 Å². The highest BCUT2D eigenvalue weighted by Crippen LogP contribution is 2.47. The summed E-state index contributed by atoms with van der Waals surface area (Å²) in [7, 11) is 0. The minimum atomic E-state index is 0.305. The molecular formula is C24H21N. The van der Waals surface area contributed by atoms with E-state index in [1.54, 1.807) is 0 Å². The van der Waals surface area contributed by atoms with E-state index in [0.717, 1.165) is 5.69 Å². The summed E-state index contributed by atoms with van der Waals surface area (Å²) in [6, 6.07) is 17.1. The van der Waals surface area contributed by atoms with Gasteiger partial charge in [0.1, 0.15) is 0 Å². The number of anilines is 1. The largest absolute Gasteiger partial charge is 0.398 e. The third-order valence-corrected chi connectivity index (χ3v) is 5.87. The number of nitrogens with two attached hydrogens (primary N) is 1. The molecule has 3 aliphatic rings. The lowest BCUT2D eigenvalue weighted by atomic mass is 9.63. The molecule has 1 heteroatoms. The summed E-state index contributed by atoms with van der Waals surface area (Å²) in [5, 5.41) is 2.69. The first-order valence-electron chi connectivity index (χ1n) is 9.01. The Labute approximate surface area is 148 Å². The van der Waals surface area contributed by atoms with Crippen LogP contribution in [0.4, 0.5) is 5.69 Å². The molecule has 0 bridgehead atoms. The number of fused-ring (bicyclic) bond motifs is 4. The molecule has 5 rings (SSSR count). The third-order valence-electron chi connectivity index (χ3n) is 5.87. The molecule has 1 nitrogen and oxygen atoms in total. The lowest BCUT2D eigenvalue weighted by Gasteiger charge is -2.40. The standard InChI is InChI=1S/C24H21N/c25-23-12-6-5-11-20(23)22-15-17-8-2-3-9-18(17)21-14-13-16-7-1-4-10-19(16)24(21)22/h1-16,19,22,24H,25H2. The smallest absolute Gasteiger partial charge is 0.0352 e. The molecule has 0 radical (unpaired) electrons. The molecule has 0 amide bonds. The molecule has 2 aromatic carbocycles. The van der Waals surface area contributed by atoms with Crippen molar-refractivity contribution >= 4 is 17.3 Å². The lowest BCUT2D eigenvalue weighted by Crippen LogP contribution is -2.41.